The Morgan fingerprint density at radius 2 is 1.87 bits per heavy atom. The van der Waals surface area contributed by atoms with E-state index in [-0.39, 0.29) is 12.6 Å². The van der Waals surface area contributed by atoms with E-state index in [9.17, 15) is 8.42 Å². The van der Waals surface area contributed by atoms with Gasteiger partial charge in [-0.25, -0.2) is 8.42 Å². The van der Waals surface area contributed by atoms with E-state index in [0.29, 0.717) is 32.7 Å². The molecular weight excluding hydrogens is 218 g/mol. The molecule has 1 atom stereocenters. The SMILES string of the molecule is CS(=O)(=O)N1CCN(C(CN)CO)CC1. The van der Waals surface area contributed by atoms with Gasteiger partial charge in [0.05, 0.1) is 12.9 Å². The standard InChI is InChI=1S/C8H19N3O3S/c1-15(13,14)11-4-2-10(3-5-11)8(6-9)7-12/h8,12H,2-7,9H2,1H3. The van der Waals surface area contributed by atoms with Gasteiger partial charge in [0.1, 0.15) is 0 Å². The second-order valence-electron chi connectivity index (χ2n) is 3.77. The quantitative estimate of drug-likeness (QED) is 0.584. The summed E-state index contributed by atoms with van der Waals surface area (Å²) in [5.74, 6) is 0. The predicted molar refractivity (Wildman–Crippen MR) is 57.9 cm³/mol. The van der Waals surface area contributed by atoms with Crippen molar-refractivity contribution in [3.63, 3.8) is 0 Å². The summed E-state index contributed by atoms with van der Waals surface area (Å²) in [4.78, 5) is 2.03. The second-order valence-corrected chi connectivity index (χ2v) is 5.75. The Balaban J connectivity index is 2.49. The van der Waals surface area contributed by atoms with Gasteiger partial charge < -0.3 is 10.8 Å². The zero-order valence-electron chi connectivity index (χ0n) is 8.96. The molecule has 0 aromatic heterocycles. The molecule has 0 amide bonds. The number of aliphatic hydroxyl groups is 1. The van der Waals surface area contributed by atoms with Crippen LogP contribution in [0.15, 0.2) is 0 Å². The number of rotatable bonds is 4. The van der Waals surface area contributed by atoms with Gasteiger partial charge in [-0.15, -0.1) is 0 Å². The van der Waals surface area contributed by atoms with Crippen molar-refractivity contribution in [3.8, 4) is 0 Å². The Bertz CT molecular complexity index is 282. The Morgan fingerprint density at radius 1 is 1.33 bits per heavy atom. The fourth-order valence-electron chi connectivity index (χ4n) is 1.74. The first-order chi connectivity index (χ1) is 6.99. The number of nitrogens with two attached hydrogens (primary N) is 1. The zero-order valence-corrected chi connectivity index (χ0v) is 9.78. The third kappa shape index (κ3) is 3.39. The van der Waals surface area contributed by atoms with E-state index in [1.807, 2.05) is 4.90 Å². The molecule has 1 aliphatic rings. The minimum Gasteiger partial charge on any atom is -0.395 e. The van der Waals surface area contributed by atoms with Crippen molar-refractivity contribution < 1.29 is 13.5 Å². The summed E-state index contributed by atoms with van der Waals surface area (Å²) in [6, 6.07) is -0.0493. The molecule has 1 rings (SSSR count). The molecule has 0 saturated carbocycles. The Labute approximate surface area is 90.7 Å². The molecule has 0 aromatic carbocycles. The maximum Gasteiger partial charge on any atom is 0.211 e. The van der Waals surface area contributed by atoms with Crippen molar-refractivity contribution in [2.75, 3.05) is 45.6 Å². The van der Waals surface area contributed by atoms with Crippen molar-refractivity contribution in [2.45, 2.75) is 6.04 Å². The van der Waals surface area contributed by atoms with Crippen LogP contribution < -0.4 is 5.73 Å². The maximum absolute atomic E-state index is 11.2. The molecule has 1 heterocycles. The number of hydrogen-bond donors (Lipinski definition) is 2. The first-order valence-electron chi connectivity index (χ1n) is 4.99. The predicted octanol–water partition coefficient (Wildman–Crippen LogP) is -2.12. The van der Waals surface area contributed by atoms with Crippen LogP contribution in [0.1, 0.15) is 0 Å². The molecule has 0 spiro atoms. The van der Waals surface area contributed by atoms with E-state index < -0.39 is 10.0 Å². The van der Waals surface area contributed by atoms with Gasteiger partial charge in [0.2, 0.25) is 10.0 Å². The summed E-state index contributed by atoms with van der Waals surface area (Å²) in [7, 11) is -3.08. The molecule has 6 nitrogen and oxygen atoms in total. The van der Waals surface area contributed by atoms with E-state index in [4.69, 9.17) is 10.8 Å². The molecule has 0 aromatic rings. The summed E-state index contributed by atoms with van der Waals surface area (Å²) in [5.41, 5.74) is 5.50. The highest BCUT2D eigenvalue weighted by molar-refractivity contribution is 7.88. The van der Waals surface area contributed by atoms with Crippen LogP contribution in [-0.2, 0) is 10.0 Å². The summed E-state index contributed by atoms with van der Waals surface area (Å²) >= 11 is 0. The molecule has 0 bridgehead atoms. The van der Waals surface area contributed by atoms with Gasteiger partial charge in [-0.2, -0.15) is 4.31 Å². The molecule has 7 heteroatoms. The Kier molecular flexibility index (Phi) is 4.47. The topological polar surface area (TPSA) is 86.9 Å². The monoisotopic (exact) mass is 237 g/mol. The van der Waals surface area contributed by atoms with Crippen molar-refractivity contribution in [2.24, 2.45) is 5.73 Å². The molecule has 15 heavy (non-hydrogen) atoms. The molecule has 0 aliphatic carbocycles. The lowest BCUT2D eigenvalue weighted by molar-refractivity contribution is 0.0949. The fourth-order valence-corrected chi connectivity index (χ4v) is 2.57. The van der Waals surface area contributed by atoms with Crippen LogP contribution in [0.2, 0.25) is 0 Å². The number of nitrogens with zero attached hydrogens (tertiary/aromatic N) is 2. The first kappa shape index (κ1) is 12.9. The largest absolute Gasteiger partial charge is 0.395 e. The smallest absolute Gasteiger partial charge is 0.211 e. The number of sulfonamides is 1. The van der Waals surface area contributed by atoms with E-state index >= 15 is 0 Å². The van der Waals surface area contributed by atoms with Gasteiger partial charge in [-0.05, 0) is 0 Å². The number of hydrogen-bond acceptors (Lipinski definition) is 5. The van der Waals surface area contributed by atoms with Crippen LogP contribution in [0.25, 0.3) is 0 Å². The normalized spacial score (nSPS) is 22.9. The van der Waals surface area contributed by atoms with E-state index in [2.05, 4.69) is 0 Å². The first-order valence-corrected chi connectivity index (χ1v) is 6.84. The van der Waals surface area contributed by atoms with E-state index in [1.165, 1.54) is 10.6 Å². The minimum absolute atomic E-state index is 0.0232. The van der Waals surface area contributed by atoms with Crippen molar-refractivity contribution in [3.05, 3.63) is 0 Å². The Hall–Kier alpha value is -0.210. The fraction of sp³-hybridized carbons (Fsp3) is 1.00. The highest BCUT2D eigenvalue weighted by Gasteiger charge is 2.26. The molecule has 1 fully saturated rings. The van der Waals surface area contributed by atoms with Gasteiger partial charge in [0.15, 0.2) is 0 Å². The lowest BCUT2D eigenvalue weighted by atomic mass is 10.2. The van der Waals surface area contributed by atoms with Crippen LogP contribution in [0.5, 0.6) is 0 Å². The van der Waals surface area contributed by atoms with E-state index in [1.54, 1.807) is 0 Å². The lowest BCUT2D eigenvalue weighted by Crippen LogP contribution is -2.54. The van der Waals surface area contributed by atoms with Gasteiger partial charge in [0, 0.05) is 38.8 Å². The third-order valence-electron chi connectivity index (χ3n) is 2.74. The van der Waals surface area contributed by atoms with Gasteiger partial charge in [0.25, 0.3) is 0 Å². The highest BCUT2D eigenvalue weighted by atomic mass is 32.2. The molecule has 3 N–H and O–H groups in total. The maximum atomic E-state index is 11.2. The van der Waals surface area contributed by atoms with Gasteiger partial charge >= 0.3 is 0 Å². The summed E-state index contributed by atoms with van der Waals surface area (Å²) < 4.78 is 23.9. The average molecular weight is 237 g/mol. The third-order valence-corrected chi connectivity index (χ3v) is 4.04. The van der Waals surface area contributed by atoms with Crippen LogP contribution in [0.4, 0.5) is 0 Å². The molecular formula is C8H19N3O3S. The van der Waals surface area contributed by atoms with Crippen molar-refractivity contribution >= 4 is 10.0 Å². The van der Waals surface area contributed by atoms with Crippen molar-refractivity contribution in [1.82, 2.24) is 9.21 Å². The van der Waals surface area contributed by atoms with Crippen LogP contribution in [0.3, 0.4) is 0 Å². The summed E-state index contributed by atoms with van der Waals surface area (Å²) in [5, 5.41) is 9.05. The average Bonchev–Trinajstić information content (AvgIpc) is 2.19. The van der Waals surface area contributed by atoms with Gasteiger partial charge in [-0.3, -0.25) is 4.90 Å². The summed E-state index contributed by atoms with van der Waals surface area (Å²) in [6.45, 7) is 2.65. The molecule has 1 saturated heterocycles. The Morgan fingerprint density at radius 3 is 2.20 bits per heavy atom. The van der Waals surface area contributed by atoms with Crippen LogP contribution in [-0.4, -0.2) is 74.4 Å². The summed E-state index contributed by atoms with van der Waals surface area (Å²) in [6.07, 6.45) is 1.22. The minimum atomic E-state index is -3.08. The molecule has 1 aliphatic heterocycles. The van der Waals surface area contributed by atoms with Crippen molar-refractivity contribution in [1.29, 1.82) is 0 Å². The van der Waals surface area contributed by atoms with Crippen LogP contribution >= 0.6 is 0 Å². The molecule has 90 valence electrons. The highest BCUT2D eigenvalue weighted by Crippen LogP contribution is 2.08. The molecule has 1 unspecified atom stereocenters. The number of piperazine rings is 1. The van der Waals surface area contributed by atoms with E-state index in [0.717, 1.165) is 0 Å². The molecule has 0 radical (unpaired) electrons. The van der Waals surface area contributed by atoms with Gasteiger partial charge in [-0.1, -0.05) is 0 Å². The second kappa shape index (κ2) is 5.22. The lowest BCUT2D eigenvalue weighted by Gasteiger charge is -2.37. The van der Waals surface area contributed by atoms with Crippen LogP contribution in [0, 0.1) is 0 Å². The zero-order chi connectivity index (χ0) is 11.5. The number of aliphatic hydroxyl groups excluding tert-OH is 1.